The van der Waals surface area contributed by atoms with Crippen LogP contribution in [-0.4, -0.2) is 165 Å². The van der Waals surface area contributed by atoms with Crippen LogP contribution in [0, 0.1) is 23.7 Å². The summed E-state index contributed by atoms with van der Waals surface area (Å²) in [6, 6.07) is 6.20. The lowest BCUT2D eigenvalue weighted by Gasteiger charge is -2.40. The Balaban J connectivity index is 2.25. The van der Waals surface area contributed by atoms with E-state index in [4.69, 9.17) is 18.9 Å². The summed E-state index contributed by atoms with van der Waals surface area (Å²) < 4.78 is 22.6. The van der Waals surface area contributed by atoms with Crippen LogP contribution >= 0.6 is 0 Å². The van der Waals surface area contributed by atoms with Gasteiger partial charge in [-0.05, 0) is 89.8 Å². The predicted molar refractivity (Wildman–Crippen MR) is 261 cm³/mol. The summed E-state index contributed by atoms with van der Waals surface area (Å²) in [7, 11) is 9.72. The molecule has 5 amide bonds. The van der Waals surface area contributed by atoms with E-state index >= 15 is 0 Å². The van der Waals surface area contributed by atoms with Gasteiger partial charge in [0.05, 0.1) is 49.8 Å². The van der Waals surface area contributed by atoms with Crippen LogP contribution in [-0.2, 0) is 49.3 Å². The molecule has 0 aliphatic carbocycles. The van der Waals surface area contributed by atoms with Crippen LogP contribution in [0.3, 0.4) is 0 Å². The van der Waals surface area contributed by atoms with E-state index in [1.165, 1.54) is 14.2 Å². The zero-order valence-electron chi connectivity index (χ0n) is 43.9. The van der Waals surface area contributed by atoms with E-state index in [1.54, 1.807) is 42.8 Å². The maximum Gasteiger partial charge on any atom is 0.410 e. The molecule has 0 radical (unpaired) electrons. The summed E-state index contributed by atoms with van der Waals surface area (Å²) in [6.07, 6.45) is 2.73. The summed E-state index contributed by atoms with van der Waals surface area (Å²) in [6.45, 7) is 20.8. The first-order chi connectivity index (χ1) is 31.4. The van der Waals surface area contributed by atoms with Crippen LogP contribution in [0.2, 0.25) is 0 Å². The average Bonchev–Trinajstić information content (AvgIpc) is 3.76. The molecule has 0 spiro atoms. The second kappa shape index (κ2) is 28.3. The van der Waals surface area contributed by atoms with Crippen molar-refractivity contribution in [3.8, 4) is 0 Å². The van der Waals surface area contributed by atoms with Crippen LogP contribution < -0.4 is 10.6 Å². The molecular formula is C51H88N6O10. The Hall–Kier alpha value is -4.28. The largest absolute Gasteiger partial charge is 0.467 e. The molecule has 1 saturated heterocycles. The first-order valence-electron chi connectivity index (χ1n) is 24.4. The highest BCUT2D eigenvalue weighted by Gasteiger charge is 2.43. The molecule has 2 rings (SSSR count). The monoisotopic (exact) mass is 945 g/mol. The lowest BCUT2D eigenvalue weighted by molar-refractivity contribution is -0.148. The van der Waals surface area contributed by atoms with E-state index < -0.39 is 59.9 Å². The molecular weight excluding hydrogens is 857 g/mol. The lowest BCUT2D eigenvalue weighted by Crippen LogP contribution is -2.59. The van der Waals surface area contributed by atoms with Crippen LogP contribution in [0.5, 0.6) is 0 Å². The number of likely N-dealkylation sites (tertiary alicyclic amines) is 1. The second-order valence-electron chi connectivity index (χ2n) is 20.3. The van der Waals surface area contributed by atoms with Crippen molar-refractivity contribution in [1.29, 1.82) is 0 Å². The zero-order chi connectivity index (χ0) is 50.8. The van der Waals surface area contributed by atoms with Crippen molar-refractivity contribution in [2.75, 3.05) is 62.1 Å². The SMILES string of the molecule is CC[C@H](C)CC([C@@H](CC(=O)N1CCC[C@H]1[C@H](OC)[C@@H](C)C(=O)N[C@@H](Cc1ccccc1)C(=O)OC)OC)N(C)C(=O)[C@@H](NC(=O)[C@H](C(C)C)N(C)CCCCN(C)C(=O)OC(C)(C)C)C(C)C. The number of likely N-dealkylation sites (N-methyl/N-ethyl adjacent to an activating group) is 2. The van der Waals surface area contributed by atoms with E-state index in [-0.39, 0.29) is 60.3 Å². The number of nitrogens with one attached hydrogen (secondary N) is 2. The number of hydrogen-bond donors (Lipinski definition) is 2. The van der Waals surface area contributed by atoms with Gasteiger partial charge >= 0.3 is 12.1 Å². The summed E-state index contributed by atoms with van der Waals surface area (Å²) in [5, 5.41) is 5.99. The molecule has 382 valence electrons. The number of benzene rings is 1. The van der Waals surface area contributed by atoms with Gasteiger partial charge < -0.3 is 44.3 Å². The Bertz CT molecular complexity index is 1710. The van der Waals surface area contributed by atoms with Gasteiger partial charge in [-0.2, -0.15) is 0 Å². The highest BCUT2D eigenvalue weighted by Crippen LogP contribution is 2.30. The molecule has 1 aliphatic rings. The van der Waals surface area contributed by atoms with Crippen molar-refractivity contribution in [2.24, 2.45) is 23.7 Å². The number of esters is 1. The molecule has 2 N–H and O–H groups in total. The molecule has 0 saturated carbocycles. The molecule has 16 heteroatoms. The minimum Gasteiger partial charge on any atom is -0.467 e. The summed E-state index contributed by atoms with van der Waals surface area (Å²) in [5.41, 5.74) is 0.290. The molecule has 1 aromatic rings. The molecule has 1 aliphatic heterocycles. The molecule has 9 atom stereocenters. The minimum absolute atomic E-state index is 0.0172. The quantitative estimate of drug-likeness (QED) is 0.0789. The molecule has 1 aromatic carbocycles. The number of unbranched alkanes of at least 4 members (excludes halogenated alkanes) is 1. The third-order valence-corrected chi connectivity index (χ3v) is 13.1. The van der Waals surface area contributed by atoms with Gasteiger partial charge in [0.2, 0.25) is 23.6 Å². The Morgan fingerprint density at radius 1 is 0.836 bits per heavy atom. The number of carbonyl (C=O) groups excluding carboxylic acids is 6. The maximum absolute atomic E-state index is 14.7. The number of carbonyl (C=O) groups is 6. The lowest BCUT2D eigenvalue weighted by atomic mass is 9.91. The fourth-order valence-corrected chi connectivity index (χ4v) is 9.01. The van der Waals surface area contributed by atoms with Crippen molar-refractivity contribution >= 4 is 35.7 Å². The third-order valence-electron chi connectivity index (χ3n) is 13.1. The van der Waals surface area contributed by atoms with Crippen LogP contribution in [0.15, 0.2) is 30.3 Å². The summed E-state index contributed by atoms with van der Waals surface area (Å²) in [5.74, 6) is -2.47. The van der Waals surface area contributed by atoms with Crippen LogP contribution in [0.25, 0.3) is 0 Å². The van der Waals surface area contributed by atoms with Crippen molar-refractivity contribution in [1.82, 2.24) is 30.2 Å². The topological polar surface area (TPSA) is 176 Å². The molecule has 1 fully saturated rings. The number of rotatable bonds is 27. The van der Waals surface area contributed by atoms with Gasteiger partial charge in [-0.1, -0.05) is 85.2 Å². The van der Waals surface area contributed by atoms with Crippen molar-refractivity contribution < 1.29 is 47.7 Å². The Kier molecular flexibility index (Phi) is 24.8. The molecule has 0 aromatic heterocycles. The number of nitrogens with zero attached hydrogens (tertiary/aromatic N) is 4. The molecule has 1 unspecified atom stereocenters. The maximum atomic E-state index is 14.7. The predicted octanol–water partition coefficient (Wildman–Crippen LogP) is 5.94. The van der Waals surface area contributed by atoms with Gasteiger partial charge in [-0.25, -0.2) is 9.59 Å². The smallest absolute Gasteiger partial charge is 0.410 e. The van der Waals surface area contributed by atoms with E-state index in [2.05, 4.69) is 24.5 Å². The van der Waals surface area contributed by atoms with E-state index in [1.807, 2.05) is 90.7 Å². The average molecular weight is 945 g/mol. The molecule has 67 heavy (non-hydrogen) atoms. The summed E-state index contributed by atoms with van der Waals surface area (Å²) in [4.78, 5) is 89.2. The van der Waals surface area contributed by atoms with Crippen LogP contribution in [0.4, 0.5) is 4.79 Å². The van der Waals surface area contributed by atoms with Crippen molar-refractivity contribution in [3.63, 3.8) is 0 Å². The third kappa shape index (κ3) is 18.3. The van der Waals surface area contributed by atoms with Crippen molar-refractivity contribution in [3.05, 3.63) is 35.9 Å². The number of amides is 5. The Morgan fingerprint density at radius 3 is 2.00 bits per heavy atom. The van der Waals surface area contributed by atoms with Gasteiger partial charge in [0.15, 0.2) is 0 Å². The van der Waals surface area contributed by atoms with Gasteiger partial charge in [0, 0.05) is 47.8 Å². The fourth-order valence-electron chi connectivity index (χ4n) is 9.01. The highest BCUT2D eigenvalue weighted by molar-refractivity contribution is 5.90. The fraction of sp³-hybridized carbons (Fsp3) is 0.765. The zero-order valence-corrected chi connectivity index (χ0v) is 43.9. The number of hydrogen-bond acceptors (Lipinski definition) is 11. The van der Waals surface area contributed by atoms with Gasteiger partial charge in [0.1, 0.15) is 17.7 Å². The highest BCUT2D eigenvalue weighted by atomic mass is 16.6. The van der Waals surface area contributed by atoms with E-state index in [0.717, 1.165) is 24.8 Å². The van der Waals surface area contributed by atoms with Gasteiger partial charge in [0.25, 0.3) is 0 Å². The Morgan fingerprint density at radius 2 is 1.46 bits per heavy atom. The summed E-state index contributed by atoms with van der Waals surface area (Å²) >= 11 is 0. The van der Waals surface area contributed by atoms with Gasteiger partial charge in [-0.3, -0.25) is 24.1 Å². The van der Waals surface area contributed by atoms with Crippen molar-refractivity contribution in [2.45, 2.75) is 169 Å². The minimum atomic E-state index is -0.908. The number of ether oxygens (including phenoxy) is 4. The van der Waals surface area contributed by atoms with E-state index in [0.29, 0.717) is 38.9 Å². The molecule has 1 heterocycles. The first kappa shape index (κ1) is 58.8. The standard InChI is InChI=1S/C51H88N6O10/c1-17-35(6)30-40(56(13)48(61)43(33(2)3)53-47(60)44(34(4)5)54(11)27-21-22-28-55(12)50(63)67-51(8,9)10)41(64-14)32-42(58)57-29-23-26-39(57)45(65-15)36(7)46(59)52-38(49(62)66-16)31-37-24-19-18-20-25-37/h18-20,24-25,33-36,38-41,43-45H,17,21-23,26-32H2,1-16H3,(H,52,59)(H,53,60)/t35-,36+,38-,39-,40?,41+,43-,44-,45+/m0/s1. The Labute approximate surface area is 402 Å². The normalized spacial score (nSPS) is 17.8. The van der Waals surface area contributed by atoms with E-state index in [9.17, 15) is 28.8 Å². The van der Waals surface area contributed by atoms with Gasteiger partial charge in [-0.15, -0.1) is 0 Å². The number of methoxy groups -OCH3 is 3. The second-order valence-corrected chi connectivity index (χ2v) is 20.3. The first-order valence-corrected chi connectivity index (χ1v) is 24.4. The molecule has 0 bridgehead atoms. The molecule has 16 nitrogen and oxygen atoms in total. The van der Waals surface area contributed by atoms with Crippen LogP contribution in [0.1, 0.15) is 120 Å².